The molecule has 0 saturated heterocycles. The summed E-state index contributed by atoms with van der Waals surface area (Å²) in [6.07, 6.45) is 5.73. The molecule has 0 aromatic heterocycles. The molecule has 0 bridgehead atoms. The van der Waals surface area contributed by atoms with E-state index >= 15 is 0 Å². The second-order valence-electron chi connectivity index (χ2n) is 9.13. The van der Waals surface area contributed by atoms with Crippen LogP contribution in [-0.2, 0) is 10.3 Å². The zero-order valence-corrected chi connectivity index (χ0v) is 17.9. The van der Waals surface area contributed by atoms with E-state index in [1.165, 1.54) is 11.3 Å². The predicted molar refractivity (Wildman–Crippen MR) is 118 cm³/mol. The Morgan fingerprint density at radius 1 is 1.13 bits per heavy atom. The Balaban J connectivity index is 1.69. The SMILES string of the molecule is Cc1cc(C#N)cc(-c2ccc3c(c2)C2(CC4(CCCCC4)O3)N=C(N)N(C)C2=O)c1. The summed E-state index contributed by atoms with van der Waals surface area (Å²) in [5, 5.41) is 9.37. The van der Waals surface area contributed by atoms with Crippen LogP contribution in [0.3, 0.4) is 0 Å². The number of hydrogen-bond donors (Lipinski definition) is 1. The number of aryl methyl sites for hydroxylation is 1. The third-order valence-electron chi connectivity index (χ3n) is 6.94. The van der Waals surface area contributed by atoms with Crippen molar-refractivity contribution in [2.45, 2.75) is 56.6 Å². The average Bonchev–Trinajstić information content (AvgIpc) is 2.97. The second-order valence-corrected chi connectivity index (χ2v) is 9.13. The topological polar surface area (TPSA) is 91.7 Å². The molecule has 31 heavy (non-hydrogen) atoms. The van der Waals surface area contributed by atoms with E-state index in [1.807, 2.05) is 43.3 Å². The number of rotatable bonds is 1. The van der Waals surface area contributed by atoms with Crippen molar-refractivity contribution in [2.24, 2.45) is 10.7 Å². The fraction of sp³-hybridized carbons (Fsp3) is 0.400. The number of carbonyl (C=O) groups is 1. The van der Waals surface area contributed by atoms with Crippen molar-refractivity contribution in [1.29, 1.82) is 5.26 Å². The second kappa shape index (κ2) is 6.84. The van der Waals surface area contributed by atoms with Crippen molar-refractivity contribution in [3.63, 3.8) is 0 Å². The number of guanidine groups is 1. The van der Waals surface area contributed by atoms with Crippen LogP contribution in [-0.4, -0.2) is 29.4 Å². The van der Waals surface area contributed by atoms with Crippen molar-refractivity contribution >= 4 is 11.9 Å². The summed E-state index contributed by atoms with van der Waals surface area (Å²) >= 11 is 0. The summed E-state index contributed by atoms with van der Waals surface area (Å²) in [7, 11) is 1.68. The molecule has 1 atom stereocenters. The van der Waals surface area contributed by atoms with Crippen LogP contribution in [0.5, 0.6) is 5.75 Å². The Morgan fingerprint density at radius 2 is 1.90 bits per heavy atom. The Hall–Kier alpha value is -3.33. The van der Waals surface area contributed by atoms with Crippen LogP contribution in [0.2, 0.25) is 0 Å². The first-order chi connectivity index (χ1) is 14.9. The van der Waals surface area contributed by atoms with E-state index in [9.17, 15) is 10.1 Å². The lowest BCUT2D eigenvalue weighted by Gasteiger charge is -2.47. The van der Waals surface area contributed by atoms with Gasteiger partial charge in [0.2, 0.25) is 0 Å². The molecular weight excluding hydrogens is 388 g/mol. The standard InChI is InChI=1S/C25H26N4O2/c1-16-10-17(14-26)12-19(11-16)18-6-7-21-20(13-18)25(22(30)29(2)23(27)28-25)15-24(31-21)8-4-3-5-9-24/h6-7,10-13H,3-5,8-9,15H2,1-2H3,(H2,27,28). The molecule has 5 rings (SSSR count). The molecule has 2 aromatic rings. The van der Waals surface area contributed by atoms with E-state index in [-0.39, 0.29) is 17.5 Å². The summed E-state index contributed by atoms with van der Waals surface area (Å²) in [6.45, 7) is 1.97. The zero-order valence-electron chi connectivity index (χ0n) is 17.9. The van der Waals surface area contributed by atoms with Gasteiger partial charge in [0.25, 0.3) is 5.91 Å². The fourth-order valence-electron chi connectivity index (χ4n) is 5.43. The van der Waals surface area contributed by atoms with Crippen LogP contribution in [0.15, 0.2) is 41.4 Å². The molecular formula is C25H26N4O2. The molecule has 6 heteroatoms. The molecule has 158 valence electrons. The highest BCUT2D eigenvalue weighted by Gasteiger charge is 2.58. The lowest BCUT2D eigenvalue weighted by Crippen LogP contribution is -2.52. The highest BCUT2D eigenvalue weighted by atomic mass is 16.5. The number of nitrogens with zero attached hydrogens (tertiary/aromatic N) is 3. The van der Waals surface area contributed by atoms with E-state index in [1.54, 1.807) is 7.05 Å². The third kappa shape index (κ3) is 2.99. The van der Waals surface area contributed by atoms with Gasteiger partial charge in [-0.15, -0.1) is 0 Å². The van der Waals surface area contributed by atoms with Crippen molar-refractivity contribution in [3.05, 3.63) is 53.1 Å². The van der Waals surface area contributed by atoms with Gasteiger partial charge in [-0.3, -0.25) is 9.69 Å². The summed E-state index contributed by atoms with van der Waals surface area (Å²) < 4.78 is 6.59. The zero-order chi connectivity index (χ0) is 21.8. The Morgan fingerprint density at radius 3 is 2.58 bits per heavy atom. The minimum atomic E-state index is -1.05. The largest absolute Gasteiger partial charge is 0.487 e. The average molecular weight is 415 g/mol. The molecule has 1 unspecified atom stereocenters. The van der Waals surface area contributed by atoms with Gasteiger partial charge in [0.15, 0.2) is 11.5 Å². The molecule has 2 spiro atoms. The number of amides is 1. The number of nitrogens with two attached hydrogens (primary N) is 1. The highest BCUT2D eigenvalue weighted by Crippen LogP contribution is 2.53. The van der Waals surface area contributed by atoms with Crippen LogP contribution in [0, 0.1) is 18.3 Å². The molecule has 6 nitrogen and oxygen atoms in total. The minimum Gasteiger partial charge on any atom is -0.487 e. The summed E-state index contributed by atoms with van der Waals surface area (Å²) in [5.41, 5.74) is 8.95. The minimum absolute atomic E-state index is 0.0985. The summed E-state index contributed by atoms with van der Waals surface area (Å²) in [6, 6.07) is 13.9. The maximum atomic E-state index is 13.5. The monoisotopic (exact) mass is 414 g/mol. The normalized spacial score (nSPS) is 24.0. The molecule has 0 radical (unpaired) electrons. The maximum Gasteiger partial charge on any atom is 0.261 e. The van der Waals surface area contributed by atoms with E-state index in [4.69, 9.17) is 15.5 Å². The quantitative estimate of drug-likeness (QED) is 0.763. The third-order valence-corrected chi connectivity index (χ3v) is 6.94. The Kier molecular flexibility index (Phi) is 4.33. The molecule has 2 aromatic carbocycles. The smallest absolute Gasteiger partial charge is 0.261 e. The number of likely N-dealkylation sites (N-methyl/N-ethyl adjacent to an activating group) is 1. The Bertz CT molecular complexity index is 1160. The summed E-state index contributed by atoms with van der Waals surface area (Å²) in [5.74, 6) is 0.861. The molecule has 3 aliphatic rings. The van der Waals surface area contributed by atoms with Crippen molar-refractivity contribution in [3.8, 4) is 22.9 Å². The van der Waals surface area contributed by atoms with Gasteiger partial charge in [-0.2, -0.15) is 5.26 Å². The van der Waals surface area contributed by atoms with Crippen molar-refractivity contribution in [1.82, 2.24) is 4.90 Å². The van der Waals surface area contributed by atoms with Crippen LogP contribution < -0.4 is 10.5 Å². The highest BCUT2D eigenvalue weighted by molar-refractivity contribution is 6.07. The number of hydrogen-bond acceptors (Lipinski definition) is 5. The predicted octanol–water partition coefficient (Wildman–Crippen LogP) is 4.00. The van der Waals surface area contributed by atoms with Crippen molar-refractivity contribution < 1.29 is 9.53 Å². The van der Waals surface area contributed by atoms with Gasteiger partial charge in [-0.1, -0.05) is 18.6 Å². The van der Waals surface area contributed by atoms with E-state index in [0.717, 1.165) is 47.9 Å². The number of aliphatic imine (C=N–C) groups is 1. The first kappa shape index (κ1) is 19.6. The van der Waals surface area contributed by atoms with Crippen LogP contribution in [0.1, 0.15) is 55.2 Å². The van der Waals surface area contributed by atoms with Gasteiger partial charge in [0.1, 0.15) is 11.4 Å². The lowest BCUT2D eigenvalue weighted by atomic mass is 9.70. The number of ether oxygens (including phenoxy) is 1. The first-order valence-corrected chi connectivity index (χ1v) is 10.9. The fourth-order valence-corrected chi connectivity index (χ4v) is 5.43. The number of fused-ring (bicyclic) bond motifs is 2. The van der Waals surface area contributed by atoms with Gasteiger partial charge in [-0.25, -0.2) is 4.99 Å². The van der Waals surface area contributed by atoms with Gasteiger partial charge in [0, 0.05) is 19.0 Å². The van der Waals surface area contributed by atoms with E-state index < -0.39 is 5.54 Å². The summed E-state index contributed by atoms with van der Waals surface area (Å²) in [4.78, 5) is 19.7. The lowest BCUT2D eigenvalue weighted by molar-refractivity contribution is -0.135. The van der Waals surface area contributed by atoms with E-state index in [2.05, 4.69) is 6.07 Å². The van der Waals surface area contributed by atoms with Gasteiger partial charge < -0.3 is 10.5 Å². The molecule has 2 aliphatic heterocycles. The van der Waals surface area contributed by atoms with Crippen LogP contribution in [0.25, 0.3) is 11.1 Å². The Labute approximate surface area is 182 Å². The molecule has 1 aliphatic carbocycles. The van der Waals surface area contributed by atoms with Crippen molar-refractivity contribution in [2.75, 3.05) is 7.05 Å². The van der Waals surface area contributed by atoms with E-state index in [0.29, 0.717) is 17.7 Å². The molecule has 2 heterocycles. The number of carbonyl (C=O) groups excluding carboxylic acids is 1. The first-order valence-electron chi connectivity index (χ1n) is 10.9. The van der Waals surface area contributed by atoms with Gasteiger partial charge >= 0.3 is 0 Å². The molecule has 1 amide bonds. The number of nitriles is 1. The van der Waals surface area contributed by atoms with Crippen LogP contribution in [0.4, 0.5) is 0 Å². The molecule has 1 saturated carbocycles. The molecule has 2 N–H and O–H groups in total. The maximum absolute atomic E-state index is 13.5. The van der Waals surface area contributed by atoms with Gasteiger partial charge in [0.05, 0.1) is 11.6 Å². The van der Waals surface area contributed by atoms with Gasteiger partial charge in [-0.05, 0) is 73.6 Å². The molecule has 1 fully saturated rings. The van der Waals surface area contributed by atoms with Crippen LogP contribution >= 0.6 is 0 Å². The number of benzene rings is 2.